The number of benzene rings is 1. The highest BCUT2D eigenvalue weighted by Gasteiger charge is 2.23. The van der Waals surface area contributed by atoms with Crippen LogP contribution >= 0.6 is 0 Å². The van der Waals surface area contributed by atoms with Crippen LogP contribution in [0.15, 0.2) is 21.9 Å². The van der Waals surface area contributed by atoms with Gasteiger partial charge in [-0.1, -0.05) is 0 Å². The largest absolute Gasteiger partial charge is 0.396 e. The van der Waals surface area contributed by atoms with Crippen molar-refractivity contribution in [1.29, 1.82) is 0 Å². The van der Waals surface area contributed by atoms with Gasteiger partial charge in [-0.3, -0.25) is 9.11 Å². The van der Waals surface area contributed by atoms with Crippen molar-refractivity contribution in [2.75, 3.05) is 5.73 Å². The van der Waals surface area contributed by atoms with E-state index in [0.717, 1.165) is 12.1 Å². The van der Waals surface area contributed by atoms with Gasteiger partial charge < -0.3 is 5.73 Å². The average molecular weight is 267 g/mol. The minimum Gasteiger partial charge on any atom is -0.396 e. The van der Waals surface area contributed by atoms with Gasteiger partial charge in [0.15, 0.2) is 0 Å². The van der Waals surface area contributed by atoms with Crippen LogP contribution in [-0.2, 0) is 20.2 Å². The van der Waals surface area contributed by atoms with E-state index in [1.54, 1.807) is 0 Å². The van der Waals surface area contributed by atoms with Gasteiger partial charge in [0.05, 0.1) is 5.69 Å². The van der Waals surface area contributed by atoms with E-state index >= 15 is 0 Å². The number of aryl methyl sites for hydroxylation is 1. The summed E-state index contributed by atoms with van der Waals surface area (Å²) in [6.45, 7) is 1.39. The lowest BCUT2D eigenvalue weighted by atomic mass is 10.2. The molecule has 0 saturated heterocycles. The second-order valence-electron chi connectivity index (χ2n) is 3.13. The maximum absolute atomic E-state index is 10.9. The first-order valence-corrected chi connectivity index (χ1v) is 6.76. The molecule has 0 aliphatic carbocycles. The maximum Gasteiger partial charge on any atom is 0.296 e. The zero-order valence-electron chi connectivity index (χ0n) is 8.08. The summed E-state index contributed by atoms with van der Waals surface area (Å²) in [7, 11) is -9.28. The Morgan fingerprint density at radius 2 is 1.31 bits per heavy atom. The van der Waals surface area contributed by atoms with Crippen molar-refractivity contribution >= 4 is 25.9 Å². The predicted octanol–water partition coefficient (Wildman–Crippen LogP) is 0.0706. The summed E-state index contributed by atoms with van der Waals surface area (Å²) >= 11 is 0. The summed E-state index contributed by atoms with van der Waals surface area (Å²) in [6, 6.07) is 2.00. The minimum atomic E-state index is -4.64. The Kier molecular flexibility index (Phi) is 2.98. The van der Waals surface area contributed by atoms with Gasteiger partial charge in [-0.15, -0.1) is 0 Å². The molecule has 0 amide bonds. The standard InChI is InChI=1S/C7H9NO6S2/c1-4-2-5(15(9,10)11)7(8)6(3-4)16(12,13)14/h2-3H,8H2,1H3,(H,9,10,11)(H,12,13,14). The lowest BCUT2D eigenvalue weighted by Crippen LogP contribution is -2.10. The van der Waals surface area contributed by atoms with Crippen LogP contribution in [0.25, 0.3) is 0 Å². The van der Waals surface area contributed by atoms with Crippen LogP contribution in [-0.4, -0.2) is 25.9 Å². The van der Waals surface area contributed by atoms with Crippen molar-refractivity contribution in [2.45, 2.75) is 16.7 Å². The molecule has 0 spiro atoms. The Morgan fingerprint density at radius 3 is 1.56 bits per heavy atom. The third kappa shape index (κ3) is 2.50. The van der Waals surface area contributed by atoms with Gasteiger partial charge in [0.25, 0.3) is 20.2 Å². The highest BCUT2D eigenvalue weighted by molar-refractivity contribution is 7.87. The molecule has 0 radical (unpaired) electrons. The third-order valence-corrected chi connectivity index (χ3v) is 3.59. The molecule has 0 unspecified atom stereocenters. The van der Waals surface area contributed by atoms with Gasteiger partial charge in [-0.25, -0.2) is 0 Å². The zero-order chi connectivity index (χ0) is 12.7. The van der Waals surface area contributed by atoms with Crippen LogP contribution in [0.3, 0.4) is 0 Å². The van der Waals surface area contributed by atoms with Crippen molar-refractivity contribution in [3.8, 4) is 0 Å². The number of anilines is 1. The fraction of sp³-hybridized carbons (Fsp3) is 0.143. The number of hydrogen-bond donors (Lipinski definition) is 3. The van der Waals surface area contributed by atoms with E-state index in [9.17, 15) is 16.8 Å². The maximum atomic E-state index is 10.9. The van der Waals surface area contributed by atoms with Gasteiger partial charge >= 0.3 is 0 Å². The Labute approximate surface area is 92.4 Å². The third-order valence-electron chi connectivity index (χ3n) is 1.80. The molecule has 0 aliphatic rings. The van der Waals surface area contributed by atoms with Crippen LogP contribution < -0.4 is 5.73 Å². The van der Waals surface area contributed by atoms with Crippen molar-refractivity contribution in [2.24, 2.45) is 0 Å². The molecule has 0 fully saturated rings. The molecule has 1 rings (SSSR count). The van der Waals surface area contributed by atoms with Crippen molar-refractivity contribution < 1.29 is 25.9 Å². The second-order valence-corrected chi connectivity index (χ2v) is 5.90. The molecule has 16 heavy (non-hydrogen) atoms. The summed E-state index contributed by atoms with van der Waals surface area (Å²) in [5.41, 5.74) is 4.75. The van der Waals surface area contributed by atoms with Crippen LogP contribution in [0.5, 0.6) is 0 Å². The fourth-order valence-corrected chi connectivity index (χ4v) is 2.67. The molecule has 7 nitrogen and oxygen atoms in total. The van der Waals surface area contributed by atoms with Gasteiger partial charge in [-0.05, 0) is 24.6 Å². The number of nitrogens with two attached hydrogens (primary N) is 1. The molecule has 4 N–H and O–H groups in total. The topological polar surface area (TPSA) is 135 Å². The van der Waals surface area contributed by atoms with Crippen LogP contribution in [0, 0.1) is 6.92 Å². The fourth-order valence-electron chi connectivity index (χ4n) is 1.16. The van der Waals surface area contributed by atoms with E-state index < -0.39 is 35.7 Å². The van der Waals surface area contributed by atoms with E-state index in [0.29, 0.717) is 0 Å². The lowest BCUT2D eigenvalue weighted by molar-refractivity contribution is 0.482. The van der Waals surface area contributed by atoms with E-state index in [4.69, 9.17) is 14.8 Å². The summed E-state index contributed by atoms with van der Waals surface area (Å²) in [5.74, 6) is 0. The summed E-state index contributed by atoms with van der Waals surface area (Å²) in [5, 5.41) is 0. The molecule has 0 aromatic heterocycles. The highest BCUT2D eigenvalue weighted by atomic mass is 32.2. The molecule has 0 aliphatic heterocycles. The summed E-state index contributed by atoms with van der Waals surface area (Å²) in [4.78, 5) is -1.50. The number of rotatable bonds is 2. The lowest BCUT2D eigenvalue weighted by Gasteiger charge is -2.08. The second kappa shape index (κ2) is 3.70. The molecule has 1 aromatic carbocycles. The van der Waals surface area contributed by atoms with Crippen molar-refractivity contribution in [3.05, 3.63) is 17.7 Å². The Morgan fingerprint density at radius 1 is 1.00 bits per heavy atom. The Balaban J connectivity index is 3.78. The Hall–Kier alpha value is -1.16. The van der Waals surface area contributed by atoms with E-state index in [1.807, 2.05) is 0 Å². The summed E-state index contributed by atoms with van der Waals surface area (Å²) in [6.07, 6.45) is 0. The molecular formula is C7H9NO6S2. The smallest absolute Gasteiger partial charge is 0.296 e. The molecule has 1 aromatic rings. The molecular weight excluding hydrogens is 258 g/mol. The average Bonchev–Trinajstić information content (AvgIpc) is 2.04. The first-order chi connectivity index (χ1) is 7.03. The highest BCUT2D eigenvalue weighted by Crippen LogP contribution is 2.27. The van der Waals surface area contributed by atoms with Gasteiger partial charge in [0.1, 0.15) is 9.79 Å². The molecule has 9 heteroatoms. The number of nitrogen functional groups attached to an aromatic ring is 1. The van der Waals surface area contributed by atoms with Crippen LogP contribution in [0.1, 0.15) is 5.56 Å². The van der Waals surface area contributed by atoms with Gasteiger partial charge in [-0.2, -0.15) is 16.8 Å². The van der Waals surface area contributed by atoms with Crippen LogP contribution in [0.2, 0.25) is 0 Å². The molecule has 0 heterocycles. The van der Waals surface area contributed by atoms with E-state index in [1.165, 1.54) is 6.92 Å². The van der Waals surface area contributed by atoms with E-state index in [-0.39, 0.29) is 5.56 Å². The minimum absolute atomic E-state index is 0.217. The summed E-state index contributed by atoms with van der Waals surface area (Å²) < 4.78 is 61.1. The SMILES string of the molecule is Cc1cc(S(=O)(=O)O)c(N)c(S(=O)(=O)O)c1. The van der Waals surface area contributed by atoms with Gasteiger partial charge in [0.2, 0.25) is 0 Å². The van der Waals surface area contributed by atoms with Crippen molar-refractivity contribution in [1.82, 2.24) is 0 Å². The quantitative estimate of drug-likeness (QED) is 0.509. The predicted molar refractivity (Wildman–Crippen MR) is 55.2 cm³/mol. The van der Waals surface area contributed by atoms with Crippen molar-refractivity contribution in [3.63, 3.8) is 0 Å². The van der Waals surface area contributed by atoms with Crippen LogP contribution in [0.4, 0.5) is 5.69 Å². The zero-order valence-corrected chi connectivity index (χ0v) is 9.71. The molecule has 0 saturated carbocycles. The molecule has 0 atom stereocenters. The first-order valence-electron chi connectivity index (χ1n) is 3.88. The normalized spacial score (nSPS) is 12.7. The molecule has 0 bridgehead atoms. The van der Waals surface area contributed by atoms with E-state index in [2.05, 4.69) is 0 Å². The van der Waals surface area contributed by atoms with Gasteiger partial charge in [0, 0.05) is 0 Å². The Bertz CT molecular complexity index is 578. The first kappa shape index (κ1) is 12.9. The molecule has 90 valence electrons. The number of hydrogen-bond acceptors (Lipinski definition) is 5. The monoisotopic (exact) mass is 267 g/mol.